The maximum absolute atomic E-state index is 14.3. The molecule has 0 aliphatic rings. The van der Waals surface area contributed by atoms with E-state index in [1.54, 1.807) is 31.2 Å². The third-order valence-corrected chi connectivity index (χ3v) is 3.77. The van der Waals surface area contributed by atoms with Crippen molar-refractivity contribution < 1.29 is 18.7 Å². The molecule has 4 nitrogen and oxygen atoms in total. The number of nitrogens with zero attached hydrogens (tertiary/aromatic N) is 1. The fourth-order valence-corrected chi connectivity index (χ4v) is 2.54. The van der Waals surface area contributed by atoms with Gasteiger partial charge < -0.3 is 14.3 Å². The molecular formula is C20H21ClFNO3. The Balaban J connectivity index is 2.10. The van der Waals surface area contributed by atoms with Crippen molar-refractivity contribution in [3.63, 3.8) is 0 Å². The van der Waals surface area contributed by atoms with Crippen LogP contribution in [0.5, 0.6) is 17.4 Å². The number of benzene rings is 1. The third kappa shape index (κ3) is 5.85. The van der Waals surface area contributed by atoms with Crippen molar-refractivity contribution in [2.75, 3.05) is 6.61 Å². The van der Waals surface area contributed by atoms with Crippen molar-refractivity contribution >= 4 is 23.5 Å². The molecule has 1 aromatic heterocycles. The number of halogens is 2. The first kappa shape index (κ1) is 19.9. The quantitative estimate of drug-likeness (QED) is 0.592. The van der Waals surface area contributed by atoms with Crippen LogP contribution in [0.15, 0.2) is 36.5 Å². The predicted octanol–water partition coefficient (Wildman–Crippen LogP) is 5.69. The molecule has 2 aromatic rings. The Morgan fingerprint density at radius 3 is 2.77 bits per heavy atom. The molecule has 0 fully saturated rings. The lowest BCUT2D eigenvalue weighted by molar-refractivity contribution is -0.117. The van der Waals surface area contributed by atoms with E-state index >= 15 is 0 Å². The number of hydrogen-bond acceptors (Lipinski definition) is 4. The van der Waals surface area contributed by atoms with Crippen LogP contribution >= 0.6 is 11.6 Å². The van der Waals surface area contributed by atoms with Crippen LogP contribution < -0.4 is 9.47 Å². The molecule has 0 N–H and O–H groups in total. The van der Waals surface area contributed by atoms with Gasteiger partial charge in [-0.05, 0) is 43.5 Å². The average molecular weight is 378 g/mol. The van der Waals surface area contributed by atoms with Gasteiger partial charge in [0, 0.05) is 18.7 Å². The summed E-state index contributed by atoms with van der Waals surface area (Å²) < 4.78 is 25.1. The standard InChI is InChI=1S/C20H21ClFNO3/c1-4-25-16-7-8-19(17(21)11-16)26-20-18(22)10-15(12-23-20)6-5-13(2)9-14(3)24/h5-8,10-13H,4,9H2,1-3H3/b6-5+/t13-/m0/s1. The van der Waals surface area contributed by atoms with Gasteiger partial charge in [0.25, 0.3) is 5.88 Å². The first-order valence-electron chi connectivity index (χ1n) is 8.32. The molecule has 0 radical (unpaired) electrons. The largest absolute Gasteiger partial charge is 0.494 e. The number of carbonyl (C=O) groups excluding carboxylic acids is 1. The Kier molecular flexibility index (Phi) is 7.16. The van der Waals surface area contributed by atoms with Crippen LogP contribution in [-0.4, -0.2) is 17.4 Å². The molecule has 0 bridgehead atoms. The van der Waals surface area contributed by atoms with Crippen LogP contribution in [0.2, 0.25) is 5.02 Å². The second kappa shape index (κ2) is 9.34. The van der Waals surface area contributed by atoms with Crippen LogP contribution in [0, 0.1) is 11.7 Å². The van der Waals surface area contributed by atoms with Gasteiger partial charge in [-0.2, -0.15) is 0 Å². The maximum Gasteiger partial charge on any atom is 0.255 e. The maximum atomic E-state index is 14.3. The van der Waals surface area contributed by atoms with Crippen LogP contribution in [0.4, 0.5) is 4.39 Å². The fourth-order valence-electron chi connectivity index (χ4n) is 2.33. The second-order valence-electron chi connectivity index (χ2n) is 5.93. The average Bonchev–Trinajstić information content (AvgIpc) is 2.57. The van der Waals surface area contributed by atoms with E-state index < -0.39 is 5.82 Å². The van der Waals surface area contributed by atoms with Gasteiger partial charge in [0.05, 0.1) is 11.6 Å². The lowest BCUT2D eigenvalue weighted by atomic mass is 10.0. The van der Waals surface area contributed by atoms with E-state index in [-0.39, 0.29) is 17.6 Å². The van der Waals surface area contributed by atoms with Gasteiger partial charge in [-0.25, -0.2) is 9.37 Å². The van der Waals surface area contributed by atoms with E-state index in [1.807, 2.05) is 19.9 Å². The topological polar surface area (TPSA) is 48.4 Å². The van der Waals surface area contributed by atoms with E-state index in [1.165, 1.54) is 12.3 Å². The number of pyridine rings is 1. The molecule has 0 amide bonds. The highest BCUT2D eigenvalue weighted by atomic mass is 35.5. The summed E-state index contributed by atoms with van der Waals surface area (Å²) in [5.74, 6) is 0.330. The number of carbonyl (C=O) groups is 1. The zero-order valence-electron chi connectivity index (χ0n) is 15.0. The summed E-state index contributed by atoms with van der Waals surface area (Å²) in [6.07, 6.45) is 5.53. The highest BCUT2D eigenvalue weighted by Crippen LogP contribution is 2.32. The minimum Gasteiger partial charge on any atom is -0.494 e. The number of ketones is 1. The monoisotopic (exact) mass is 377 g/mol. The Bertz CT molecular complexity index is 808. The van der Waals surface area contributed by atoms with Gasteiger partial charge in [0.15, 0.2) is 5.82 Å². The van der Waals surface area contributed by atoms with Gasteiger partial charge in [0.2, 0.25) is 0 Å². The van der Waals surface area contributed by atoms with E-state index in [0.29, 0.717) is 35.1 Å². The smallest absolute Gasteiger partial charge is 0.255 e. The van der Waals surface area contributed by atoms with E-state index in [4.69, 9.17) is 21.1 Å². The summed E-state index contributed by atoms with van der Waals surface area (Å²) >= 11 is 6.13. The van der Waals surface area contributed by atoms with Gasteiger partial charge in [-0.15, -0.1) is 0 Å². The molecule has 1 aromatic carbocycles. The molecule has 1 atom stereocenters. The summed E-state index contributed by atoms with van der Waals surface area (Å²) in [5.41, 5.74) is 0.586. The van der Waals surface area contributed by atoms with E-state index in [2.05, 4.69) is 4.98 Å². The molecule has 0 spiro atoms. The Morgan fingerprint density at radius 2 is 2.15 bits per heavy atom. The summed E-state index contributed by atoms with van der Waals surface area (Å²) in [6, 6.07) is 6.22. The number of hydrogen-bond donors (Lipinski definition) is 0. The van der Waals surface area contributed by atoms with Crippen LogP contribution in [-0.2, 0) is 4.79 Å². The van der Waals surface area contributed by atoms with E-state index in [9.17, 15) is 9.18 Å². The highest BCUT2D eigenvalue weighted by molar-refractivity contribution is 6.32. The third-order valence-electron chi connectivity index (χ3n) is 3.48. The van der Waals surface area contributed by atoms with Crippen molar-refractivity contribution in [3.8, 4) is 17.4 Å². The van der Waals surface area contributed by atoms with Gasteiger partial charge >= 0.3 is 0 Å². The van der Waals surface area contributed by atoms with Crippen LogP contribution in [0.25, 0.3) is 6.08 Å². The first-order chi connectivity index (χ1) is 12.4. The predicted molar refractivity (Wildman–Crippen MR) is 100 cm³/mol. The summed E-state index contributed by atoms with van der Waals surface area (Å²) in [5, 5.41) is 0.305. The van der Waals surface area contributed by atoms with Crippen molar-refractivity contribution in [1.82, 2.24) is 4.98 Å². The Labute approximate surface area is 157 Å². The molecule has 0 saturated heterocycles. The number of rotatable bonds is 8. The van der Waals surface area contributed by atoms with E-state index in [0.717, 1.165) is 0 Å². The summed E-state index contributed by atoms with van der Waals surface area (Å²) in [7, 11) is 0. The highest BCUT2D eigenvalue weighted by Gasteiger charge is 2.11. The number of ether oxygens (including phenoxy) is 2. The van der Waals surface area contributed by atoms with Crippen molar-refractivity contribution in [2.45, 2.75) is 27.2 Å². The first-order valence-corrected chi connectivity index (χ1v) is 8.70. The SMILES string of the molecule is CCOc1ccc(Oc2ncc(/C=C/[C@H](C)CC(C)=O)cc2F)c(Cl)c1. The zero-order valence-corrected chi connectivity index (χ0v) is 15.7. The normalized spacial score (nSPS) is 12.2. The summed E-state index contributed by atoms with van der Waals surface area (Å²) in [6.45, 7) is 5.86. The zero-order chi connectivity index (χ0) is 19.1. The van der Waals surface area contributed by atoms with Crippen LogP contribution in [0.3, 0.4) is 0 Å². The lowest BCUT2D eigenvalue weighted by Crippen LogP contribution is -1.98. The summed E-state index contributed by atoms with van der Waals surface area (Å²) in [4.78, 5) is 15.1. The number of allylic oxidation sites excluding steroid dienone is 1. The minimum atomic E-state index is -0.601. The van der Waals surface area contributed by atoms with Gasteiger partial charge in [-0.1, -0.05) is 30.7 Å². The molecule has 2 rings (SSSR count). The molecule has 26 heavy (non-hydrogen) atoms. The molecule has 1 heterocycles. The molecule has 0 aliphatic carbocycles. The Hall–Kier alpha value is -2.40. The van der Waals surface area contributed by atoms with Crippen molar-refractivity contribution in [3.05, 3.63) is 52.9 Å². The van der Waals surface area contributed by atoms with Crippen molar-refractivity contribution in [2.24, 2.45) is 5.92 Å². The number of Topliss-reactive ketones (excluding diaryl/α,β-unsaturated/α-hetero) is 1. The van der Waals surface area contributed by atoms with Crippen molar-refractivity contribution in [1.29, 1.82) is 0 Å². The molecular weight excluding hydrogens is 357 g/mol. The molecule has 138 valence electrons. The van der Waals surface area contributed by atoms with Gasteiger partial charge in [0.1, 0.15) is 17.3 Å². The molecule has 6 heteroatoms. The molecule has 0 unspecified atom stereocenters. The van der Waals surface area contributed by atoms with Crippen LogP contribution in [0.1, 0.15) is 32.8 Å². The molecule has 0 saturated carbocycles. The van der Waals surface area contributed by atoms with Gasteiger partial charge in [-0.3, -0.25) is 0 Å². The minimum absolute atomic E-state index is 0.0779. The Morgan fingerprint density at radius 1 is 1.38 bits per heavy atom. The second-order valence-corrected chi connectivity index (χ2v) is 6.33. The molecule has 0 aliphatic heterocycles. The fraction of sp³-hybridized carbons (Fsp3) is 0.300. The lowest BCUT2D eigenvalue weighted by Gasteiger charge is -2.10. The number of aromatic nitrogens is 1.